The number of carboxylic acids is 1. The molecule has 33 heavy (non-hydrogen) atoms. The van der Waals surface area contributed by atoms with Crippen LogP contribution in [-0.4, -0.2) is 92.2 Å². The summed E-state index contributed by atoms with van der Waals surface area (Å²) in [6, 6.07) is 8.46. The molecule has 186 valence electrons. The van der Waals surface area contributed by atoms with Crippen molar-refractivity contribution in [3.05, 3.63) is 29.8 Å². The molecule has 1 aromatic rings. The van der Waals surface area contributed by atoms with Crippen LogP contribution in [0.15, 0.2) is 24.3 Å². The molecule has 11 heteroatoms. The lowest BCUT2D eigenvalue weighted by Gasteiger charge is -2.33. The second kappa shape index (κ2) is 12.8. The lowest BCUT2D eigenvalue weighted by atomic mass is 9.96. The number of nitrogens with zero attached hydrogens (tertiary/aromatic N) is 2. The van der Waals surface area contributed by atoms with E-state index in [1.54, 1.807) is 7.11 Å². The normalized spacial score (nSPS) is 22.0. The zero-order valence-corrected chi connectivity index (χ0v) is 18.8. The highest BCUT2D eigenvalue weighted by Crippen LogP contribution is 2.23. The maximum Gasteiger partial charge on any atom is 0.490 e. The van der Waals surface area contributed by atoms with Gasteiger partial charge in [-0.3, -0.25) is 9.69 Å². The quantitative estimate of drug-likeness (QED) is 0.698. The Morgan fingerprint density at radius 3 is 2.39 bits per heavy atom. The van der Waals surface area contributed by atoms with E-state index in [1.165, 1.54) is 5.56 Å². The molecule has 0 unspecified atom stereocenters. The van der Waals surface area contributed by atoms with Crippen LogP contribution >= 0.6 is 0 Å². The van der Waals surface area contributed by atoms with Gasteiger partial charge in [-0.15, -0.1) is 0 Å². The topological polar surface area (TPSA) is 88.5 Å². The SMILES string of the molecule is COc1cccc(CN2CCOC[C@H](CC(=O)N3CCOCC3)[C@H]2C)c1.O=C(O)C(F)(F)F. The van der Waals surface area contributed by atoms with E-state index in [2.05, 4.69) is 24.0 Å². The second-order valence-corrected chi connectivity index (χ2v) is 7.90. The molecule has 8 nitrogen and oxygen atoms in total. The number of methoxy groups -OCH3 is 1. The minimum absolute atomic E-state index is 0.207. The van der Waals surface area contributed by atoms with Crippen molar-refractivity contribution in [2.75, 3.05) is 53.2 Å². The fourth-order valence-electron chi connectivity index (χ4n) is 3.68. The third-order valence-corrected chi connectivity index (χ3v) is 5.68. The summed E-state index contributed by atoms with van der Waals surface area (Å²) in [7, 11) is 1.69. The van der Waals surface area contributed by atoms with Crippen molar-refractivity contribution < 1.29 is 42.1 Å². The van der Waals surface area contributed by atoms with Gasteiger partial charge in [-0.1, -0.05) is 12.1 Å². The van der Waals surface area contributed by atoms with Gasteiger partial charge < -0.3 is 24.2 Å². The number of halogens is 3. The number of carbonyl (C=O) groups is 2. The average Bonchev–Trinajstić information content (AvgIpc) is 2.96. The fraction of sp³-hybridized carbons (Fsp3) is 0.636. The van der Waals surface area contributed by atoms with E-state index in [-0.39, 0.29) is 17.9 Å². The summed E-state index contributed by atoms with van der Waals surface area (Å²) in [6.07, 6.45) is -4.55. The molecule has 0 saturated carbocycles. The number of morpholine rings is 1. The Bertz CT molecular complexity index is 771. The van der Waals surface area contributed by atoms with Crippen molar-refractivity contribution in [1.82, 2.24) is 9.80 Å². The molecule has 0 aromatic heterocycles. The number of alkyl halides is 3. The second-order valence-electron chi connectivity index (χ2n) is 7.90. The molecule has 2 aliphatic rings. The first-order valence-corrected chi connectivity index (χ1v) is 10.7. The molecule has 0 radical (unpaired) electrons. The first-order valence-electron chi connectivity index (χ1n) is 10.7. The van der Waals surface area contributed by atoms with Crippen molar-refractivity contribution in [2.45, 2.75) is 32.1 Å². The molecule has 2 fully saturated rings. The number of carbonyl (C=O) groups excluding carboxylic acids is 1. The summed E-state index contributed by atoms with van der Waals surface area (Å²) >= 11 is 0. The average molecular weight is 476 g/mol. The number of benzene rings is 1. The van der Waals surface area contributed by atoms with E-state index < -0.39 is 12.1 Å². The lowest BCUT2D eigenvalue weighted by molar-refractivity contribution is -0.192. The number of hydrogen-bond donors (Lipinski definition) is 1. The van der Waals surface area contributed by atoms with Gasteiger partial charge in [-0.2, -0.15) is 13.2 Å². The first kappa shape index (κ1) is 26.9. The Kier molecular flexibility index (Phi) is 10.4. The molecular formula is C22H31F3N2O6. The van der Waals surface area contributed by atoms with Crippen LogP contribution in [0.5, 0.6) is 5.75 Å². The Morgan fingerprint density at radius 1 is 1.15 bits per heavy atom. The van der Waals surface area contributed by atoms with Gasteiger partial charge in [0, 0.05) is 44.6 Å². The number of hydrogen-bond acceptors (Lipinski definition) is 6. The third-order valence-electron chi connectivity index (χ3n) is 5.68. The molecule has 2 saturated heterocycles. The largest absolute Gasteiger partial charge is 0.497 e. The van der Waals surface area contributed by atoms with Crippen LogP contribution in [0.25, 0.3) is 0 Å². The van der Waals surface area contributed by atoms with Crippen molar-refractivity contribution in [2.24, 2.45) is 5.92 Å². The van der Waals surface area contributed by atoms with E-state index in [0.29, 0.717) is 45.9 Å². The number of amides is 1. The van der Waals surface area contributed by atoms with E-state index in [1.807, 2.05) is 17.0 Å². The van der Waals surface area contributed by atoms with Gasteiger partial charge >= 0.3 is 12.1 Å². The Morgan fingerprint density at radius 2 is 1.79 bits per heavy atom. The summed E-state index contributed by atoms with van der Waals surface area (Å²) in [6.45, 7) is 7.97. The summed E-state index contributed by atoms with van der Waals surface area (Å²) in [5.74, 6) is -1.46. The minimum Gasteiger partial charge on any atom is -0.497 e. The van der Waals surface area contributed by atoms with E-state index in [0.717, 1.165) is 18.8 Å². The zero-order valence-electron chi connectivity index (χ0n) is 18.8. The van der Waals surface area contributed by atoms with Crippen molar-refractivity contribution in [3.63, 3.8) is 0 Å². The smallest absolute Gasteiger partial charge is 0.490 e. The molecule has 2 aliphatic heterocycles. The molecule has 1 amide bonds. The Labute approximate surface area is 191 Å². The molecule has 0 spiro atoms. The number of carboxylic acid groups (broad SMARTS) is 1. The maximum absolute atomic E-state index is 12.7. The third kappa shape index (κ3) is 8.82. The molecule has 1 N–H and O–H groups in total. The van der Waals surface area contributed by atoms with Crippen LogP contribution in [0, 0.1) is 5.92 Å². The number of aliphatic carboxylic acids is 1. The van der Waals surface area contributed by atoms with Gasteiger partial charge in [-0.05, 0) is 24.6 Å². The van der Waals surface area contributed by atoms with Gasteiger partial charge in [0.05, 0.1) is 33.5 Å². The van der Waals surface area contributed by atoms with Crippen molar-refractivity contribution >= 4 is 11.9 Å². The van der Waals surface area contributed by atoms with Gasteiger partial charge in [0.25, 0.3) is 0 Å². The van der Waals surface area contributed by atoms with Crippen LogP contribution in [0.1, 0.15) is 18.9 Å². The summed E-state index contributed by atoms with van der Waals surface area (Å²) in [4.78, 5) is 25.9. The summed E-state index contributed by atoms with van der Waals surface area (Å²) in [5.41, 5.74) is 1.22. The Balaban J connectivity index is 0.000000479. The summed E-state index contributed by atoms with van der Waals surface area (Å²) < 4.78 is 48.2. The molecular weight excluding hydrogens is 445 g/mol. The molecule has 2 atom stereocenters. The minimum atomic E-state index is -5.08. The van der Waals surface area contributed by atoms with E-state index in [9.17, 15) is 18.0 Å². The molecule has 3 rings (SSSR count). The van der Waals surface area contributed by atoms with Crippen LogP contribution in [0.2, 0.25) is 0 Å². The molecule has 1 aromatic carbocycles. The predicted octanol–water partition coefficient (Wildman–Crippen LogP) is 2.41. The maximum atomic E-state index is 12.7. The monoisotopic (exact) mass is 476 g/mol. The number of rotatable bonds is 5. The highest BCUT2D eigenvalue weighted by molar-refractivity contribution is 5.76. The molecule has 0 aliphatic carbocycles. The van der Waals surface area contributed by atoms with Gasteiger partial charge in [0.1, 0.15) is 5.75 Å². The number of ether oxygens (including phenoxy) is 3. The fourth-order valence-corrected chi connectivity index (χ4v) is 3.68. The predicted molar refractivity (Wildman–Crippen MR) is 113 cm³/mol. The first-order chi connectivity index (χ1) is 15.6. The lowest BCUT2D eigenvalue weighted by Crippen LogP contribution is -2.44. The van der Waals surface area contributed by atoms with Crippen LogP contribution < -0.4 is 4.74 Å². The molecule has 0 bridgehead atoms. The van der Waals surface area contributed by atoms with Gasteiger partial charge in [0.15, 0.2) is 0 Å². The molecule has 2 heterocycles. The van der Waals surface area contributed by atoms with Crippen molar-refractivity contribution in [1.29, 1.82) is 0 Å². The Hall–Kier alpha value is -2.37. The van der Waals surface area contributed by atoms with E-state index in [4.69, 9.17) is 24.1 Å². The summed E-state index contributed by atoms with van der Waals surface area (Å²) in [5, 5.41) is 7.12. The van der Waals surface area contributed by atoms with E-state index >= 15 is 0 Å². The van der Waals surface area contributed by atoms with Gasteiger partial charge in [-0.25, -0.2) is 4.79 Å². The van der Waals surface area contributed by atoms with Crippen LogP contribution in [-0.2, 0) is 25.6 Å². The van der Waals surface area contributed by atoms with Gasteiger partial charge in [0.2, 0.25) is 5.91 Å². The van der Waals surface area contributed by atoms with Crippen molar-refractivity contribution in [3.8, 4) is 5.75 Å². The standard InChI is InChI=1S/C20H30N2O4.C2HF3O2/c1-16-18(13-20(23)21-6-9-25-10-7-21)15-26-11-8-22(16)14-17-4-3-5-19(12-17)24-2;3-2(4,5)1(6)7/h3-5,12,16,18H,6-11,13-15H2,1-2H3;(H,6,7)/t16-,18+;/m1./s1. The highest BCUT2D eigenvalue weighted by Gasteiger charge is 2.38. The van der Waals surface area contributed by atoms with Crippen LogP contribution in [0.3, 0.4) is 0 Å². The van der Waals surface area contributed by atoms with Crippen LogP contribution in [0.4, 0.5) is 13.2 Å². The zero-order chi connectivity index (χ0) is 24.4. The highest BCUT2D eigenvalue weighted by atomic mass is 19.4.